The van der Waals surface area contributed by atoms with Gasteiger partial charge in [0.1, 0.15) is 5.60 Å². The summed E-state index contributed by atoms with van der Waals surface area (Å²) in [7, 11) is -3.32. The Morgan fingerprint density at radius 3 is 2.30 bits per heavy atom. The first-order chi connectivity index (χ1) is 14.0. The van der Waals surface area contributed by atoms with E-state index in [0.717, 1.165) is 16.7 Å². The molecule has 2 aromatic rings. The molecule has 0 spiro atoms. The van der Waals surface area contributed by atoms with Crippen molar-refractivity contribution in [3.63, 3.8) is 0 Å². The molecule has 0 atom stereocenters. The number of pyridine rings is 1. The molecule has 3 rings (SSSR count). The van der Waals surface area contributed by atoms with Crippen molar-refractivity contribution in [2.45, 2.75) is 44.1 Å². The molecule has 7 heteroatoms. The minimum absolute atomic E-state index is 0.285. The molecule has 0 bridgehead atoms. The topological polar surface area (TPSA) is 76.6 Å². The van der Waals surface area contributed by atoms with Crippen LogP contribution in [-0.2, 0) is 14.6 Å². The molecule has 6 nitrogen and oxygen atoms in total. The van der Waals surface area contributed by atoms with Crippen LogP contribution in [0.5, 0.6) is 0 Å². The molecular weight excluding hydrogens is 400 g/mol. The molecule has 1 saturated heterocycles. The number of hydrogen-bond acceptors (Lipinski definition) is 5. The Hall–Kier alpha value is -2.67. The molecule has 1 aliphatic heterocycles. The average molecular weight is 429 g/mol. The summed E-state index contributed by atoms with van der Waals surface area (Å²) in [5.41, 5.74) is 3.40. The highest BCUT2D eigenvalue weighted by atomic mass is 32.2. The molecule has 1 fully saturated rings. The number of piperidine rings is 1. The van der Waals surface area contributed by atoms with Crippen molar-refractivity contribution in [1.29, 1.82) is 0 Å². The number of amides is 1. The van der Waals surface area contributed by atoms with Crippen molar-refractivity contribution < 1.29 is 17.9 Å². The van der Waals surface area contributed by atoms with Crippen LogP contribution in [0, 0.1) is 0 Å². The number of aromatic nitrogens is 1. The summed E-state index contributed by atoms with van der Waals surface area (Å²) in [5, 5.41) is 0. The van der Waals surface area contributed by atoms with Crippen molar-refractivity contribution in [2.24, 2.45) is 0 Å². The Bertz CT molecular complexity index is 1040. The highest BCUT2D eigenvalue weighted by Crippen LogP contribution is 2.33. The lowest BCUT2D eigenvalue weighted by molar-refractivity contribution is 0.0236. The van der Waals surface area contributed by atoms with Crippen molar-refractivity contribution in [3.05, 3.63) is 65.5 Å². The van der Waals surface area contributed by atoms with Gasteiger partial charge in [0.15, 0.2) is 9.84 Å². The minimum Gasteiger partial charge on any atom is -0.444 e. The van der Waals surface area contributed by atoms with Gasteiger partial charge in [0.25, 0.3) is 0 Å². The van der Waals surface area contributed by atoms with Gasteiger partial charge in [-0.05, 0) is 62.9 Å². The Balaban J connectivity index is 1.96. The van der Waals surface area contributed by atoms with Gasteiger partial charge in [-0.1, -0.05) is 23.8 Å². The maximum Gasteiger partial charge on any atom is 0.410 e. The summed E-state index contributed by atoms with van der Waals surface area (Å²) in [6, 6.07) is 10.8. The van der Waals surface area contributed by atoms with Crippen molar-refractivity contribution in [1.82, 2.24) is 9.88 Å². The van der Waals surface area contributed by atoms with E-state index in [1.807, 2.05) is 39.0 Å². The highest BCUT2D eigenvalue weighted by molar-refractivity contribution is 7.90. The number of carbonyl (C=O) groups excluding carboxylic acids is 1. The van der Waals surface area contributed by atoms with Crippen LogP contribution in [0.25, 0.3) is 5.57 Å². The zero-order valence-electron chi connectivity index (χ0n) is 17.9. The lowest BCUT2D eigenvalue weighted by Crippen LogP contribution is -2.40. The van der Waals surface area contributed by atoms with Gasteiger partial charge < -0.3 is 9.64 Å². The van der Waals surface area contributed by atoms with E-state index < -0.39 is 15.4 Å². The maximum absolute atomic E-state index is 12.4. The smallest absolute Gasteiger partial charge is 0.410 e. The summed E-state index contributed by atoms with van der Waals surface area (Å²) in [4.78, 5) is 18.6. The van der Waals surface area contributed by atoms with Crippen molar-refractivity contribution in [2.75, 3.05) is 19.3 Å². The zero-order valence-corrected chi connectivity index (χ0v) is 18.7. The second-order valence-corrected chi connectivity index (χ2v) is 10.5. The Morgan fingerprint density at radius 2 is 1.73 bits per heavy atom. The second kappa shape index (κ2) is 8.60. The summed E-state index contributed by atoms with van der Waals surface area (Å²) in [5.74, 6) is 0. The number of hydrogen-bond donors (Lipinski definition) is 0. The van der Waals surface area contributed by atoms with Crippen LogP contribution in [-0.4, -0.2) is 49.3 Å². The molecule has 30 heavy (non-hydrogen) atoms. The second-order valence-electron chi connectivity index (χ2n) is 8.49. The van der Waals surface area contributed by atoms with E-state index in [1.54, 1.807) is 35.5 Å². The first-order valence-corrected chi connectivity index (χ1v) is 11.8. The number of ether oxygens (including phenoxy) is 1. The Kier molecular flexibility index (Phi) is 6.31. The van der Waals surface area contributed by atoms with Crippen LogP contribution < -0.4 is 0 Å². The number of sulfone groups is 1. The predicted molar refractivity (Wildman–Crippen MR) is 117 cm³/mol. The Morgan fingerprint density at radius 1 is 1.07 bits per heavy atom. The van der Waals surface area contributed by atoms with Crippen LogP contribution in [0.2, 0.25) is 0 Å². The number of nitrogens with zero attached hydrogens (tertiary/aromatic N) is 2. The molecule has 1 aromatic carbocycles. The van der Waals surface area contributed by atoms with Gasteiger partial charge >= 0.3 is 6.09 Å². The third-order valence-corrected chi connectivity index (χ3v) is 5.98. The van der Waals surface area contributed by atoms with Crippen molar-refractivity contribution >= 4 is 21.5 Å². The Labute approximate surface area is 178 Å². The molecule has 160 valence electrons. The molecular formula is C23H28N2O4S. The van der Waals surface area contributed by atoms with Gasteiger partial charge in [0.2, 0.25) is 0 Å². The zero-order chi connectivity index (χ0) is 21.9. The van der Waals surface area contributed by atoms with Gasteiger partial charge in [-0.3, -0.25) is 4.98 Å². The van der Waals surface area contributed by atoms with E-state index in [2.05, 4.69) is 4.98 Å². The minimum atomic E-state index is -3.32. The molecule has 1 aliphatic rings. The molecule has 1 amide bonds. The van der Waals surface area contributed by atoms with Crippen LogP contribution in [0.4, 0.5) is 4.79 Å². The fraction of sp³-hybridized carbons (Fsp3) is 0.391. The van der Waals surface area contributed by atoms with Gasteiger partial charge in [-0.2, -0.15) is 0 Å². The predicted octanol–water partition coefficient (Wildman–Crippen LogP) is 4.32. The third kappa shape index (κ3) is 5.48. The van der Waals surface area contributed by atoms with Gasteiger partial charge in [0, 0.05) is 37.3 Å². The van der Waals surface area contributed by atoms with Gasteiger partial charge in [-0.15, -0.1) is 0 Å². The van der Waals surface area contributed by atoms with E-state index in [9.17, 15) is 13.2 Å². The normalized spacial score (nSPS) is 15.1. The van der Waals surface area contributed by atoms with E-state index in [0.29, 0.717) is 25.9 Å². The van der Waals surface area contributed by atoms with Crippen molar-refractivity contribution in [3.8, 4) is 0 Å². The largest absolute Gasteiger partial charge is 0.444 e. The molecule has 0 unspecified atom stereocenters. The van der Waals surface area contributed by atoms with E-state index in [1.165, 1.54) is 11.8 Å². The first kappa shape index (κ1) is 22.0. The fourth-order valence-corrected chi connectivity index (χ4v) is 4.17. The van der Waals surface area contributed by atoms with Gasteiger partial charge in [0.05, 0.1) is 4.90 Å². The lowest BCUT2D eigenvalue weighted by atomic mass is 9.89. The number of likely N-dealkylation sites (tertiary alicyclic amines) is 1. The third-order valence-electron chi connectivity index (χ3n) is 4.87. The van der Waals surface area contributed by atoms with Crippen LogP contribution >= 0.6 is 0 Å². The molecule has 0 aliphatic carbocycles. The summed E-state index contributed by atoms with van der Waals surface area (Å²) in [6.07, 6.45) is 5.78. The number of benzene rings is 1. The molecule has 1 aromatic heterocycles. The highest BCUT2D eigenvalue weighted by Gasteiger charge is 2.26. The molecule has 2 heterocycles. The van der Waals surface area contributed by atoms with Crippen LogP contribution in [0.15, 0.2) is 59.3 Å². The standard InChI is InChI=1S/C23H28N2O4S/c1-23(2,3)29-22(26)25-13-10-17(11-14-25)21(19-8-6-12-24-16-19)18-7-5-9-20(15-18)30(4,27)28/h5-9,12,15-16H,10-11,13-14H2,1-4H3. The number of carbonyl (C=O) groups is 1. The summed E-state index contributed by atoms with van der Waals surface area (Å²) < 4.78 is 29.6. The molecule has 0 saturated carbocycles. The lowest BCUT2D eigenvalue weighted by Gasteiger charge is -2.32. The van der Waals surface area contributed by atoms with E-state index in [4.69, 9.17) is 4.74 Å². The monoisotopic (exact) mass is 428 g/mol. The summed E-state index contributed by atoms with van der Waals surface area (Å²) in [6.45, 7) is 6.68. The van der Waals surface area contributed by atoms with Crippen LogP contribution in [0.1, 0.15) is 44.7 Å². The van der Waals surface area contributed by atoms with E-state index >= 15 is 0 Å². The quantitative estimate of drug-likeness (QED) is 0.728. The van der Waals surface area contributed by atoms with E-state index in [-0.39, 0.29) is 11.0 Å². The number of rotatable bonds is 3. The summed E-state index contributed by atoms with van der Waals surface area (Å²) >= 11 is 0. The average Bonchev–Trinajstić information content (AvgIpc) is 2.68. The van der Waals surface area contributed by atoms with Crippen LogP contribution in [0.3, 0.4) is 0 Å². The SMILES string of the molecule is CC(C)(C)OC(=O)N1CCC(=C(c2cccnc2)c2cccc(S(C)(=O)=O)c2)CC1. The first-order valence-electron chi connectivity index (χ1n) is 9.95. The maximum atomic E-state index is 12.4. The fourth-order valence-electron chi connectivity index (χ4n) is 3.50. The van der Waals surface area contributed by atoms with Gasteiger partial charge in [-0.25, -0.2) is 13.2 Å². The molecule has 0 radical (unpaired) electrons. The molecule has 0 N–H and O–H groups in total.